The van der Waals surface area contributed by atoms with Gasteiger partial charge in [-0.1, -0.05) is 0 Å². The zero-order chi connectivity index (χ0) is 13.1. The van der Waals surface area contributed by atoms with E-state index in [-0.39, 0.29) is 11.9 Å². The molecule has 1 aromatic carbocycles. The summed E-state index contributed by atoms with van der Waals surface area (Å²) in [5, 5.41) is 5.98. The Morgan fingerprint density at radius 1 is 1.39 bits per heavy atom. The molecule has 1 aliphatic rings. The Morgan fingerprint density at radius 2 is 2.17 bits per heavy atom. The second-order valence-electron chi connectivity index (χ2n) is 4.16. The van der Waals surface area contributed by atoms with Crippen LogP contribution >= 0.6 is 0 Å². The summed E-state index contributed by atoms with van der Waals surface area (Å²) in [6.45, 7) is 0. The van der Waals surface area contributed by atoms with E-state index in [2.05, 4.69) is 10.6 Å². The van der Waals surface area contributed by atoms with E-state index in [9.17, 15) is 9.00 Å². The van der Waals surface area contributed by atoms with E-state index in [4.69, 9.17) is 4.74 Å². The van der Waals surface area contributed by atoms with Gasteiger partial charge in [0.05, 0.1) is 18.5 Å². The van der Waals surface area contributed by atoms with Crippen molar-refractivity contribution in [1.82, 2.24) is 0 Å². The largest absolute Gasteiger partial charge is 0.497 e. The van der Waals surface area contributed by atoms with E-state index in [1.807, 2.05) is 12.1 Å². The molecule has 0 saturated heterocycles. The fourth-order valence-corrected chi connectivity index (χ4v) is 2.41. The van der Waals surface area contributed by atoms with Crippen molar-refractivity contribution in [2.24, 2.45) is 0 Å². The maximum absolute atomic E-state index is 11.9. The lowest BCUT2D eigenvalue weighted by molar-refractivity contribution is -0.117. The monoisotopic (exact) mass is 268 g/mol. The van der Waals surface area contributed by atoms with E-state index in [0.29, 0.717) is 23.6 Å². The van der Waals surface area contributed by atoms with E-state index in [1.54, 1.807) is 19.4 Å². The highest BCUT2D eigenvalue weighted by molar-refractivity contribution is 7.84. The third-order valence-electron chi connectivity index (χ3n) is 2.82. The molecule has 0 radical (unpaired) electrons. The van der Waals surface area contributed by atoms with Crippen LogP contribution in [0.15, 0.2) is 18.2 Å². The van der Waals surface area contributed by atoms with Gasteiger partial charge in [0, 0.05) is 28.9 Å². The van der Waals surface area contributed by atoms with Gasteiger partial charge < -0.3 is 15.4 Å². The first-order chi connectivity index (χ1) is 8.60. The van der Waals surface area contributed by atoms with Crippen LogP contribution in [0.2, 0.25) is 0 Å². The molecule has 1 aromatic rings. The van der Waals surface area contributed by atoms with Crippen molar-refractivity contribution >= 4 is 28.1 Å². The predicted octanol–water partition coefficient (Wildman–Crippen LogP) is 1.20. The molecule has 0 fully saturated rings. The first kappa shape index (κ1) is 12.9. The zero-order valence-electron chi connectivity index (χ0n) is 10.4. The molecule has 2 unspecified atom stereocenters. The smallest absolute Gasteiger partial charge is 0.246 e. The lowest BCUT2D eigenvalue weighted by atomic mass is 10.1. The van der Waals surface area contributed by atoms with Gasteiger partial charge in [-0.25, -0.2) is 0 Å². The van der Waals surface area contributed by atoms with Crippen molar-refractivity contribution in [3.8, 4) is 5.75 Å². The van der Waals surface area contributed by atoms with Gasteiger partial charge in [0.25, 0.3) is 0 Å². The van der Waals surface area contributed by atoms with Crippen molar-refractivity contribution in [1.29, 1.82) is 0 Å². The van der Waals surface area contributed by atoms with E-state index in [1.165, 1.54) is 0 Å². The lowest BCUT2D eigenvalue weighted by Crippen LogP contribution is -2.39. The minimum Gasteiger partial charge on any atom is -0.497 e. The number of ether oxygens (including phenoxy) is 1. The number of hydrogen-bond acceptors (Lipinski definition) is 4. The van der Waals surface area contributed by atoms with E-state index >= 15 is 0 Å². The van der Waals surface area contributed by atoms with Gasteiger partial charge in [0.15, 0.2) is 0 Å². The van der Waals surface area contributed by atoms with Crippen molar-refractivity contribution in [2.75, 3.05) is 29.8 Å². The normalized spacial score (nSPS) is 19.4. The van der Waals surface area contributed by atoms with Crippen LogP contribution in [-0.2, 0) is 15.6 Å². The molecule has 5 nitrogen and oxygen atoms in total. The highest BCUT2D eigenvalue weighted by Crippen LogP contribution is 2.31. The summed E-state index contributed by atoms with van der Waals surface area (Å²) in [6.07, 6.45) is 2.19. The molecule has 0 spiro atoms. The quantitative estimate of drug-likeness (QED) is 0.861. The molecule has 0 bridgehead atoms. The molecule has 2 N–H and O–H groups in total. The van der Waals surface area contributed by atoms with E-state index in [0.717, 1.165) is 5.69 Å². The minimum atomic E-state index is -0.885. The fourth-order valence-electron chi connectivity index (χ4n) is 1.84. The van der Waals surface area contributed by atoms with Crippen LogP contribution in [0.5, 0.6) is 5.75 Å². The van der Waals surface area contributed by atoms with Gasteiger partial charge >= 0.3 is 0 Å². The summed E-state index contributed by atoms with van der Waals surface area (Å²) >= 11 is 0. The second kappa shape index (κ2) is 5.39. The van der Waals surface area contributed by atoms with Gasteiger partial charge in [-0.05, 0) is 18.6 Å². The first-order valence-corrected chi connectivity index (χ1v) is 7.38. The SMILES string of the molecule is COc1ccc2c(c1)NC(=O)C(CCS(C)=O)N2. The first-order valence-electron chi connectivity index (χ1n) is 5.65. The molecular formula is C12H16N2O3S. The average molecular weight is 268 g/mol. The number of rotatable bonds is 4. The van der Waals surface area contributed by atoms with Crippen LogP contribution < -0.4 is 15.4 Å². The Morgan fingerprint density at radius 3 is 2.83 bits per heavy atom. The van der Waals surface area contributed by atoms with Crippen molar-refractivity contribution < 1.29 is 13.7 Å². The minimum absolute atomic E-state index is 0.0961. The predicted molar refractivity (Wildman–Crippen MR) is 72.6 cm³/mol. The molecular weight excluding hydrogens is 252 g/mol. The molecule has 1 heterocycles. The summed E-state index contributed by atoms with van der Waals surface area (Å²) < 4.78 is 16.2. The third-order valence-corrected chi connectivity index (χ3v) is 3.64. The number of carbonyl (C=O) groups is 1. The van der Waals surface area contributed by atoms with Gasteiger partial charge in [0.1, 0.15) is 11.8 Å². The van der Waals surface area contributed by atoms with Crippen LogP contribution in [0, 0.1) is 0 Å². The summed E-state index contributed by atoms with van der Waals surface area (Å²) in [6, 6.07) is 5.14. The molecule has 1 aliphatic heterocycles. The molecule has 2 atom stereocenters. The molecule has 1 amide bonds. The topological polar surface area (TPSA) is 67.4 Å². The van der Waals surface area contributed by atoms with Crippen LogP contribution in [-0.4, -0.2) is 35.3 Å². The highest BCUT2D eigenvalue weighted by atomic mass is 32.2. The van der Waals surface area contributed by atoms with Gasteiger partial charge in [-0.15, -0.1) is 0 Å². The molecule has 18 heavy (non-hydrogen) atoms. The Bertz CT molecular complexity index is 490. The number of hydrogen-bond donors (Lipinski definition) is 2. The number of methoxy groups -OCH3 is 1. The molecule has 0 aromatic heterocycles. The average Bonchev–Trinajstić information content (AvgIpc) is 2.35. The number of nitrogens with one attached hydrogen (secondary N) is 2. The van der Waals surface area contributed by atoms with Crippen LogP contribution in [0.25, 0.3) is 0 Å². The molecule has 0 aliphatic carbocycles. The Hall–Kier alpha value is -1.56. The maximum atomic E-state index is 11.9. The second-order valence-corrected chi connectivity index (χ2v) is 5.72. The fraction of sp³-hybridized carbons (Fsp3) is 0.417. The number of amides is 1. The van der Waals surface area contributed by atoms with Crippen LogP contribution in [0.3, 0.4) is 0 Å². The van der Waals surface area contributed by atoms with Gasteiger partial charge in [0.2, 0.25) is 5.91 Å². The summed E-state index contributed by atoms with van der Waals surface area (Å²) in [7, 11) is 0.697. The van der Waals surface area contributed by atoms with Crippen LogP contribution in [0.1, 0.15) is 6.42 Å². The number of benzene rings is 1. The Balaban J connectivity index is 2.13. The molecule has 6 heteroatoms. The highest BCUT2D eigenvalue weighted by Gasteiger charge is 2.25. The summed E-state index contributed by atoms with van der Waals surface area (Å²) in [5.41, 5.74) is 1.58. The van der Waals surface area contributed by atoms with E-state index < -0.39 is 10.8 Å². The number of carbonyl (C=O) groups excluding carboxylic acids is 1. The Kier molecular flexibility index (Phi) is 3.86. The van der Waals surface area contributed by atoms with Crippen molar-refractivity contribution in [3.05, 3.63) is 18.2 Å². The molecule has 98 valence electrons. The maximum Gasteiger partial charge on any atom is 0.246 e. The zero-order valence-corrected chi connectivity index (χ0v) is 11.2. The summed E-state index contributed by atoms with van der Waals surface area (Å²) in [4.78, 5) is 11.9. The Labute approximate surface area is 108 Å². The van der Waals surface area contributed by atoms with Gasteiger partial charge in [-0.2, -0.15) is 0 Å². The number of anilines is 2. The standard InChI is InChI=1S/C12H16N2O3S/c1-17-8-3-4-9-11(7-8)14-12(15)10(13-9)5-6-18(2)16/h3-4,7,10,13H,5-6H2,1-2H3,(H,14,15). The lowest BCUT2D eigenvalue weighted by Gasteiger charge is -2.26. The van der Waals surface area contributed by atoms with Crippen molar-refractivity contribution in [3.63, 3.8) is 0 Å². The van der Waals surface area contributed by atoms with Gasteiger partial charge in [-0.3, -0.25) is 9.00 Å². The third kappa shape index (κ3) is 2.81. The number of fused-ring (bicyclic) bond motifs is 1. The molecule has 2 rings (SSSR count). The van der Waals surface area contributed by atoms with Crippen LogP contribution in [0.4, 0.5) is 11.4 Å². The summed E-state index contributed by atoms with van der Waals surface area (Å²) in [5.74, 6) is 1.11. The molecule has 0 saturated carbocycles. The van der Waals surface area contributed by atoms with Crippen molar-refractivity contribution in [2.45, 2.75) is 12.5 Å².